The summed E-state index contributed by atoms with van der Waals surface area (Å²) in [4.78, 5) is -0.207. The maximum absolute atomic E-state index is 12.5. The number of nitrogens with one attached hydrogen (secondary N) is 1. The molecule has 0 saturated carbocycles. The summed E-state index contributed by atoms with van der Waals surface area (Å²) < 4.78 is 64.3. The minimum absolute atomic E-state index is 0.00862. The molecule has 0 amide bonds. The second kappa shape index (κ2) is 6.19. The number of hydrogen-bond donors (Lipinski definition) is 1. The van der Waals surface area contributed by atoms with Crippen LogP contribution in [-0.2, 0) is 10.0 Å². The Bertz CT molecular complexity index is 743. The lowest BCUT2D eigenvalue weighted by molar-refractivity contribution is -0.0327. The van der Waals surface area contributed by atoms with E-state index in [0.29, 0.717) is 4.47 Å². The SMILES string of the molecule is O=S(=O)(Nc1ccccc1SC(F)(F)F)c1sccc1Br. The third-order valence-corrected chi connectivity index (χ3v) is 7.03. The molecule has 10 heteroatoms. The molecule has 0 radical (unpaired) electrons. The summed E-state index contributed by atoms with van der Waals surface area (Å²) in [6.45, 7) is 0. The number of hydrogen-bond acceptors (Lipinski definition) is 4. The van der Waals surface area contributed by atoms with Crippen LogP contribution in [0.2, 0.25) is 0 Å². The average Bonchev–Trinajstić information content (AvgIpc) is 2.77. The van der Waals surface area contributed by atoms with Gasteiger partial charge >= 0.3 is 5.51 Å². The first-order chi connectivity index (χ1) is 9.69. The zero-order valence-corrected chi connectivity index (χ0v) is 14.1. The van der Waals surface area contributed by atoms with Crippen molar-refractivity contribution in [1.29, 1.82) is 0 Å². The molecule has 0 atom stereocenters. The summed E-state index contributed by atoms with van der Waals surface area (Å²) in [7, 11) is -3.94. The van der Waals surface area contributed by atoms with Gasteiger partial charge in [-0.2, -0.15) is 13.2 Å². The maximum Gasteiger partial charge on any atom is 0.446 e. The smallest absolute Gasteiger partial charge is 0.278 e. The number of rotatable bonds is 4. The molecule has 0 aliphatic carbocycles. The van der Waals surface area contributed by atoms with Crippen LogP contribution in [0.4, 0.5) is 18.9 Å². The summed E-state index contributed by atoms with van der Waals surface area (Å²) in [5.74, 6) is 0. The van der Waals surface area contributed by atoms with Crippen LogP contribution < -0.4 is 4.72 Å². The van der Waals surface area contributed by atoms with Gasteiger partial charge in [-0.1, -0.05) is 12.1 Å². The van der Waals surface area contributed by atoms with Crippen LogP contribution in [0, 0.1) is 0 Å². The van der Waals surface area contributed by atoms with Crippen molar-refractivity contribution in [1.82, 2.24) is 0 Å². The van der Waals surface area contributed by atoms with Gasteiger partial charge in [-0.05, 0) is 51.3 Å². The molecule has 114 valence electrons. The van der Waals surface area contributed by atoms with E-state index in [1.165, 1.54) is 24.3 Å². The Morgan fingerprint density at radius 1 is 1.19 bits per heavy atom. The monoisotopic (exact) mass is 417 g/mol. The Balaban J connectivity index is 2.34. The van der Waals surface area contributed by atoms with Gasteiger partial charge < -0.3 is 0 Å². The summed E-state index contributed by atoms with van der Waals surface area (Å²) in [5, 5.41) is 1.56. The number of alkyl halides is 3. The highest BCUT2D eigenvalue weighted by Gasteiger charge is 2.31. The molecule has 1 N–H and O–H groups in total. The van der Waals surface area contributed by atoms with Crippen LogP contribution in [-0.4, -0.2) is 13.9 Å². The van der Waals surface area contributed by atoms with Crippen molar-refractivity contribution in [3.8, 4) is 0 Å². The van der Waals surface area contributed by atoms with Crippen LogP contribution in [0.1, 0.15) is 0 Å². The van der Waals surface area contributed by atoms with Gasteiger partial charge in [-0.3, -0.25) is 4.72 Å². The third kappa shape index (κ3) is 4.38. The van der Waals surface area contributed by atoms with Gasteiger partial charge in [0.1, 0.15) is 0 Å². The van der Waals surface area contributed by atoms with Gasteiger partial charge in [0.25, 0.3) is 10.0 Å². The molecule has 3 nitrogen and oxygen atoms in total. The van der Waals surface area contributed by atoms with Crippen LogP contribution in [0.5, 0.6) is 0 Å². The number of sulfonamides is 1. The first-order valence-corrected chi connectivity index (χ1v) is 9.27. The normalized spacial score (nSPS) is 12.4. The largest absolute Gasteiger partial charge is 0.446 e. The number of thioether (sulfide) groups is 1. The maximum atomic E-state index is 12.5. The lowest BCUT2D eigenvalue weighted by atomic mass is 10.3. The quantitative estimate of drug-likeness (QED) is 0.717. The Labute approximate surface area is 135 Å². The first-order valence-electron chi connectivity index (χ1n) is 5.29. The molecule has 1 aromatic heterocycles. The molecule has 1 aromatic carbocycles. The molecule has 2 rings (SSSR count). The van der Waals surface area contributed by atoms with Crippen molar-refractivity contribution in [2.75, 3.05) is 4.72 Å². The summed E-state index contributed by atoms with van der Waals surface area (Å²) in [6.07, 6.45) is 0. The fourth-order valence-electron chi connectivity index (χ4n) is 1.43. The lowest BCUT2D eigenvalue weighted by Gasteiger charge is -2.12. The fourth-order valence-corrected chi connectivity index (χ4v) is 5.54. The Morgan fingerprint density at radius 3 is 2.43 bits per heavy atom. The Hall–Kier alpha value is -0.710. The van der Waals surface area contributed by atoms with Crippen molar-refractivity contribution in [2.24, 2.45) is 0 Å². The zero-order chi connectivity index (χ0) is 15.7. The number of halogens is 4. The van der Waals surface area contributed by atoms with Gasteiger partial charge in [0.05, 0.1) is 5.69 Å². The van der Waals surface area contributed by atoms with Crippen LogP contribution >= 0.6 is 39.0 Å². The molecule has 21 heavy (non-hydrogen) atoms. The van der Waals surface area contributed by atoms with Gasteiger partial charge in [0.15, 0.2) is 4.21 Å². The molecule has 0 saturated heterocycles. The third-order valence-electron chi connectivity index (χ3n) is 2.19. The van der Waals surface area contributed by atoms with E-state index >= 15 is 0 Å². The average molecular weight is 418 g/mol. The zero-order valence-electron chi connectivity index (χ0n) is 10.0. The minimum atomic E-state index is -4.49. The van der Waals surface area contributed by atoms with Gasteiger partial charge in [0, 0.05) is 9.37 Å². The van der Waals surface area contributed by atoms with Crippen LogP contribution in [0.15, 0.2) is 49.3 Å². The van der Waals surface area contributed by atoms with E-state index in [1.807, 2.05) is 0 Å². The van der Waals surface area contributed by atoms with E-state index in [9.17, 15) is 21.6 Å². The van der Waals surface area contributed by atoms with E-state index in [4.69, 9.17) is 0 Å². The predicted molar refractivity (Wildman–Crippen MR) is 81.2 cm³/mol. The van der Waals surface area contributed by atoms with E-state index in [1.54, 1.807) is 11.4 Å². The molecule has 0 aliphatic heterocycles. The number of para-hydroxylation sites is 1. The van der Waals surface area contributed by atoms with Crippen molar-refractivity contribution in [2.45, 2.75) is 14.6 Å². The highest BCUT2D eigenvalue weighted by molar-refractivity contribution is 9.10. The van der Waals surface area contributed by atoms with E-state index in [-0.39, 0.29) is 26.6 Å². The van der Waals surface area contributed by atoms with Crippen molar-refractivity contribution < 1.29 is 21.6 Å². The van der Waals surface area contributed by atoms with Crippen LogP contribution in [0.25, 0.3) is 0 Å². The molecule has 0 bridgehead atoms. The Morgan fingerprint density at radius 2 is 1.86 bits per heavy atom. The molecule has 2 aromatic rings. The number of thiophene rings is 1. The van der Waals surface area contributed by atoms with Gasteiger partial charge in [0.2, 0.25) is 0 Å². The highest BCUT2D eigenvalue weighted by Crippen LogP contribution is 2.41. The standard InChI is InChI=1S/C11H7BrF3NO2S3/c12-7-5-6-19-10(7)21(17,18)16-8-3-1-2-4-9(8)20-11(13,14)15/h1-6,16H. The van der Waals surface area contributed by atoms with Crippen molar-refractivity contribution in [3.63, 3.8) is 0 Å². The van der Waals surface area contributed by atoms with Gasteiger partial charge in [-0.25, -0.2) is 8.42 Å². The molecular weight excluding hydrogens is 411 g/mol. The second-order valence-electron chi connectivity index (χ2n) is 3.71. The molecule has 0 spiro atoms. The highest BCUT2D eigenvalue weighted by atomic mass is 79.9. The number of benzene rings is 1. The molecular formula is C11H7BrF3NO2S3. The Kier molecular flexibility index (Phi) is 4.91. The van der Waals surface area contributed by atoms with Gasteiger partial charge in [-0.15, -0.1) is 11.3 Å². The molecule has 0 fully saturated rings. The molecule has 0 unspecified atom stereocenters. The first kappa shape index (κ1) is 16.7. The number of anilines is 1. The minimum Gasteiger partial charge on any atom is -0.278 e. The lowest BCUT2D eigenvalue weighted by Crippen LogP contribution is -2.13. The van der Waals surface area contributed by atoms with Crippen molar-refractivity contribution >= 4 is 54.7 Å². The summed E-state index contributed by atoms with van der Waals surface area (Å²) in [5.41, 5.74) is -4.61. The summed E-state index contributed by atoms with van der Waals surface area (Å²) >= 11 is 3.69. The molecule has 1 heterocycles. The van der Waals surface area contributed by atoms with E-state index in [0.717, 1.165) is 11.3 Å². The summed E-state index contributed by atoms with van der Waals surface area (Å²) in [6, 6.07) is 6.91. The van der Waals surface area contributed by atoms with E-state index < -0.39 is 15.5 Å². The fraction of sp³-hybridized carbons (Fsp3) is 0.0909. The molecule has 0 aliphatic rings. The van der Waals surface area contributed by atoms with Crippen LogP contribution in [0.3, 0.4) is 0 Å². The predicted octanol–water partition coefficient (Wildman–Crippen LogP) is 4.92. The van der Waals surface area contributed by atoms with E-state index in [2.05, 4.69) is 20.7 Å². The van der Waals surface area contributed by atoms with Crippen molar-refractivity contribution in [3.05, 3.63) is 40.2 Å². The second-order valence-corrected chi connectivity index (χ2v) is 8.46. The topological polar surface area (TPSA) is 46.2 Å².